The first kappa shape index (κ1) is 13.8. The molecule has 0 saturated heterocycles. The fraction of sp³-hybridized carbons (Fsp3) is 0.250. The number of aromatic nitrogens is 2. The summed E-state index contributed by atoms with van der Waals surface area (Å²) in [7, 11) is 1.87. The maximum absolute atomic E-state index is 4.57. The molecular formula is C16H18N4S. The molecule has 2 heterocycles. The maximum Gasteiger partial charge on any atom is 0.136 e. The van der Waals surface area contributed by atoms with E-state index in [9.17, 15) is 0 Å². The Morgan fingerprint density at radius 3 is 2.76 bits per heavy atom. The summed E-state index contributed by atoms with van der Waals surface area (Å²) in [6, 6.07) is 10.4. The fourth-order valence-electron chi connectivity index (χ4n) is 2.22. The van der Waals surface area contributed by atoms with Crippen molar-refractivity contribution in [1.82, 2.24) is 9.97 Å². The van der Waals surface area contributed by atoms with E-state index in [1.54, 1.807) is 11.3 Å². The van der Waals surface area contributed by atoms with Gasteiger partial charge in [0.05, 0.1) is 0 Å². The number of hydrogen-bond donors (Lipinski definition) is 2. The number of rotatable bonds is 5. The third-order valence-corrected chi connectivity index (χ3v) is 4.12. The van der Waals surface area contributed by atoms with Crippen LogP contribution in [0.1, 0.15) is 19.2 Å². The van der Waals surface area contributed by atoms with Crippen LogP contribution in [0.4, 0.5) is 17.3 Å². The van der Waals surface area contributed by atoms with Gasteiger partial charge in [-0.2, -0.15) is 0 Å². The lowest BCUT2D eigenvalue weighted by molar-refractivity contribution is 0.838. The van der Waals surface area contributed by atoms with Crippen molar-refractivity contribution in [2.24, 2.45) is 0 Å². The molecule has 0 aliphatic carbocycles. The van der Waals surface area contributed by atoms with Crippen LogP contribution in [0.5, 0.6) is 0 Å². The second kappa shape index (κ2) is 6.10. The van der Waals surface area contributed by atoms with Crippen molar-refractivity contribution in [2.75, 3.05) is 17.7 Å². The topological polar surface area (TPSA) is 49.8 Å². The Kier molecular flexibility index (Phi) is 4.01. The van der Waals surface area contributed by atoms with Gasteiger partial charge in [0.1, 0.15) is 17.5 Å². The number of nitrogens with zero attached hydrogens (tertiary/aromatic N) is 2. The Balaban J connectivity index is 1.90. The van der Waals surface area contributed by atoms with Crippen LogP contribution in [0.15, 0.2) is 35.7 Å². The predicted molar refractivity (Wildman–Crippen MR) is 90.7 cm³/mol. The summed E-state index contributed by atoms with van der Waals surface area (Å²) >= 11 is 1.75. The monoisotopic (exact) mass is 298 g/mol. The van der Waals surface area contributed by atoms with Gasteiger partial charge in [0.25, 0.3) is 0 Å². The molecule has 0 radical (unpaired) electrons. The molecule has 108 valence electrons. The second-order valence-corrected chi connectivity index (χ2v) is 5.80. The molecule has 1 aromatic carbocycles. The van der Waals surface area contributed by atoms with Gasteiger partial charge in [0, 0.05) is 29.9 Å². The SMILES string of the molecule is CCCc1nc(NC)cc(Nc2ccc3sccc3c2)n1. The summed E-state index contributed by atoms with van der Waals surface area (Å²) in [6.07, 6.45) is 1.92. The standard InChI is InChI=1S/C16H18N4S/c1-3-4-14-19-15(17-2)10-16(20-14)18-12-5-6-13-11(9-12)7-8-21-13/h5-10H,3-4H2,1-2H3,(H2,17,18,19,20). The van der Waals surface area contributed by atoms with Gasteiger partial charge < -0.3 is 10.6 Å². The van der Waals surface area contributed by atoms with Gasteiger partial charge in [0.2, 0.25) is 0 Å². The van der Waals surface area contributed by atoms with Crippen LogP contribution in [0, 0.1) is 0 Å². The van der Waals surface area contributed by atoms with Crippen molar-refractivity contribution < 1.29 is 0 Å². The molecule has 0 amide bonds. The van der Waals surface area contributed by atoms with E-state index in [4.69, 9.17) is 0 Å². The highest BCUT2D eigenvalue weighted by atomic mass is 32.1. The average Bonchev–Trinajstić information content (AvgIpc) is 2.95. The smallest absolute Gasteiger partial charge is 0.136 e. The Bertz CT molecular complexity index is 751. The Morgan fingerprint density at radius 1 is 1.10 bits per heavy atom. The summed E-state index contributed by atoms with van der Waals surface area (Å²) in [6.45, 7) is 2.13. The van der Waals surface area contributed by atoms with Gasteiger partial charge >= 0.3 is 0 Å². The molecule has 2 aromatic heterocycles. The zero-order chi connectivity index (χ0) is 14.7. The zero-order valence-electron chi connectivity index (χ0n) is 12.2. The van der Waals surface area contributed by atoms with Crippen molar-refractivity contribution in [3.8, 4) is 0 Å². The molecular weight excluding hydrogens is 280 g/mol. The first-order valence-corrected chi connectivity index (χ1v) is 7.96. The Labute approximate surface area is 128 Å². The van der Waals surface area contributed by atoms with Crippen molar-refractivity contribution in [3.05, 3.63) is 41.5 Å². The molecule has 0 spiro atoms. The number of nitrogens with one attached hydrogen (secondary N) is 2. The highest BCUT2D eigenvalue weighted by Crippen LogP contribution is 2.26. The van der Waals surface area contributed by atoms with E-state index in [0.717, 1.165) is 36.0 Å². The first-order valence-electron chi connectivity index (χ1n) is 7.08. The van der Waals surface area contributed by atoms with Gasteiger partial charge in [-0.3, -0.25) is 0 Å². The van der Waals surface area contributed by atoms with Gasteiger partial charge in [-0.25, -0.2) is 9.97 Å². The molecule has 0 atom stereocenters. The molecule has 3 rings (SSSR count). The van der Waals surface area contributed by atoms with Gasteiger partial charge in [-0.15, -0.1) is 11.3 Å². The lowest BCUT2D eigenvalue weighted by Gasteiger charge is -2.09. The van der Waals surface area contributed by atoms with E-state index in [1.165, 1.54) is 10.1 Å². The van der Waals surface area contributed by atoms with Crippen LogP contribution in [0.2, 0.25) is 0 Å². The summed E-state index contributed by atoms with van der Waals surface area (Å²) in [4.78, 5) is 9.04. The second-order valence-electron chi connectivity index (χ2n) is 4.85. The summed E-state index contributed by atoms with van der Waals surface area (Å²) < 4.78 is 1.30. The number of anilines is 3. The number of aryl methyl sites for hydroxylation is 1. The number of fused-ring (bicyclic) bond motifs is 1. The zero-order valence-corrected chi connectivity index (χ0v) is 13.0. The highest BCUT2D eigenvalue weighted by Gasteiger charge is 2.05. The minimum Gasteiger partial charge on any atom is -0.373 e. The number of hydrogen-bond acceptors (Lipinski definition) is 5. The van der Waals surface area contributed by atoms with Gasteiger partial charge in [-0.05, 0) is 41.5 Å². The molecule has 21 heavy (non-hydrogen) atoms. The van der Waals surface area contributed by atoms with Crippen LogP contribution >= 0.6 is 11.3 Å². The van der Waals surface area contributed by atoms with Crippen LogP contribution in [-0.4, -0.2) is 17.0 Å². The van der Waals surface area contributed by atoms with Crippen LogP contribution < -0.4 is 10.6 Å². The van der Waals surface area contributed by atoms with Gasteiger partial charge in [0.15, 0.2) is 0 Å². The summed E-state index contributed by atoms with van der Waals surface area (Å²) in [5.74, 6) is 2.53. The van der Waals surface area contributed by atoms with E-state index in [2.05, 4.69) is 57.2 Å². The molecule has 0 unspecified atom stereocenters. The molecule has 0 fully saturated rings. The lowest BCUT2D eigenvalue weighted by atomic mass is 10.2. The van der Waals surface area contributed by atoms with E-state index in [0.29, 0.717) is 0 Å². The minimum absolute atomic E-state index is 0.826. The quantitative estimate of drug-likeness (QED) is 0.731. The van der Waals surface area contributed by atoms with Crippen LogP contribution in [0.3, 0.4) is 0 Å². The largest absolute Gasteiger partial charge is 0.373 e. The molecule has 3 aromatic rings. The predicted octanol–water partition coefficient (Wildman–Crippen LogP) is 4.43. The molecule has 5 heteroatoms. The maximum atomic E-state index is 4.57. The Hall–Kier alpha value is -2.14. The molecule has 0 saturated carbocycles. The molecule has 0 aliphatic rings. The molecule has 4 nitrogen and oxygen atoms in total. The third kappa shape index (κ3) is 3.13. The van der Waals surface area contributed by atoms with Gasteiger partial charge in [-0.1, -0.05) is 6.92 Å². The molecule has 0 bridgehead atoms. The van der Waals surface area contributed by atoms with Crippen molar-refractivity contribution in [2.45, 2.75) is 19.8 Å². The average molecular weight is 298 g/mol. The normalized spacial score (nSPS) is 10.8. The van der Waals surface area contributed by atoms with Crippen molar-refractivity contribution in [3.63, 3.8) is 0 Å². The van der Waals surface area contributed by atoms with E-state index < -0.39 is 0 Å². The lowest BCUT2D eigenvalue weighted by Crippen LogP contribution is -2.03. The minimum atomic E-state index is 0.826. The summed E-state index contributed by atoms with van der Waals surface area (Å²) in [5.41, 5.74) is 1.05. The first-order chi connectivity index (χ1) is 10.3. The molecule has 0 aliphatic heterocycles. The Morgan fingerprint density at radius 2 is 1.95 bits per heavy atom. The van der Waals surface area contributed by atoms with Crippen molar-refractivity contribution >= 4 is 38.7 Å². The number of benzene rings is 1. The van der Waals surface area contributed by atoms with Crippen LogP contribution in [0.25, 0.3) is 10.1 Å². The van der Waals surface area contributed by atoms with Crippen molar-refractivity contribution in [1.29, 1.82) is 0 Å². The van der Waals surface area contributed by atoms with E-state index >= 15 is 0 Å². The third-order valence-electron chi connectivity index (χ3n) is 3.23. The highest BCUT2D eigenvalue weighted by molar-refractivity contribution is 7.17. The summed E-state index contributed by atoms with van der Waals surface area (Å²) in [5, 5.41) is 9.82. The molecule has 2 N–H and O–H groups in total. The number of thiophene rings is 1. The van der Waals surface area contributed by atoms with E-state index in [1.807, 2.05) is 13.1 Å². The van der Waals surface area contributed by atoms with Crippen LogP contribution in [-0.2, 0) is 6.42 Å². The fourth-order valence-corrected chi connectivity index (χ4v) is 2.99. The van der Waals surface area contributed by atoms with E-state index in [-0.39, 0.29) is 0 Å².